The summed E-state index contributed by atoms with van der Waals surface area (Å²) in [7, 11) is 0. The molecule has 146 valence electrons. The molecule has 25 heavy (non-hydrogen) atoms. The van der Waals surface area contributed by atoms with Crippen molar-refractivity contribution in [3.8, 4) is 0 Å². The molecule has 10 atom stereocenters. The van der Waals surface area contributed by atoms with Gasteiger partial charge in [0.2, 0.25) is 0 Å². The van der Waals surface area contributed by atoms with E-state index in [1.807, 2.05) is 0 Å². The third kappa shape index (κ3) is 4.19. The van der Waals surface area contributed by atoms with E-state index in [9.17, 15) is 20.4 Å². The van der Waals surface area contributed by atoms with E-state index in [4.69, 9.17) is 38.1 Å². The van der Waals surface area contributed by atoms with Crippen LogP contribution in [0.1, 0.15) is 6.42 Å². The lowest BCUT2D eigenvalue weighted by Crippen LogP contribution is -2.66. The van der Waals surface area contributed by atoms with Crippen molar-refractivity contribution in [3.63, 3.8) is 0 Å². The number of ether oxygens (including phenoxy) is 2. The Labute approximate surface area is 144 Å². The molecule has 14 N–H and O–H groups in total. The molecule has 1 saturated carbocycles. The highest BCUT2D eigenvalue weighted by Gasteiger charge is 2.48. The van der Waals surface area contributed by atoms with E-state index < -0.39 is 61.0 Å². The molecule has 0 aromatic heterocycles. The molecule has 1 aliphatic carbocycles. The average molecular weight is 364 g/mol. The Balaban J connectivity index is 2.10. The van der Waals surface area contributed by atoms with E-state index >= 15 is 0 Å². The minimum Gasteiger partial charge on any atom is -0.388 e. The van der Waals surface area contributed by atoms with Crippen LogP contribution in [0.25, 0.3) is 0 Å². The fourth-order valence-corrected chi connectivity index (χ4v) is 3.15. The first-order valence-corrected chi connectivity index (χ1v) is 8.00. The summed E-state index contributed by atoms with van der Waals surface area (Å²) in [6.45, 7) is -0.0702. The van der Waals surface area contributed by atoms with Crippen molar-refractivity contribution in [1.82, 2.24) is 0 Å². The maximum atomic E-state index is 10.3. The average Bonchev–Trinajstić information content (AvgIpc) is 2.55. The molecule has 0 aromatic carbocycles. The van der Waals surface area contributed by atoms with Crippen molar-refractivity contribution in [2.75, 3.05) is 6.54 Å². The van der Waals surface area contributed by atoms with Crippen LogP contribution < -0.4 is 28.7 Å². The van der Waals surface area contributed by atoms with Crippen molar-refractivity contribution in [2.45, 2.75) is 67.5 Å². The molecule has 1 heterocycles. The van der Waals surface area contributed by atoms with Gasteiger partial charge in [-0.3, -0.25) is 0 Å². The summed E-state index contributed by atoms with van der Waals surface area (Å²) in [5.74, 6) is -0.233. The molecule has 0 aromatic rings. The summed E-state index contributed by atoms with van der Waals surface area (Å²) in [5.41, 5.74) is 27.9. The predicted molar refractivity (Wildman–Crippen MR) is 86.8 cm³/mol. The van der Waals surface area contributed by atoms with E-state index in [0.717, 1.165) is 0 Å². The third-order valence-corrected chi connectivity index (χ3v) is 4.60. The van der Waals surface area contributed by atoms with Crippen LogP contribution in [0.4, 0.5) is 0 Å². The second kappa shape index (κ2) is 8.07. The van der Waals surface area contributed by atoms with Crippen molar-refractivity contribution < 1.29 is 29.9 Å². The summed E-state index contributed by atoms with van der Waals surface area (Å²) in [4.78, 5) is 3.84. The molecular formula is C13H28N6O6. The molecule has 0 spiro atoms. The summed E-state index contributed by atoms with van der Waals surface area (Å²) in [5, 5.41) is 40.3. The van der Waals surface area contributed by atoms with Crippen LogP contribution in [0.2, 0.25) is 0 Å². The second-order valence-electron chi connectivity index (χ2n) is 6.44. The highest BCUT2D eigenvalue weighted by atomic mass is 16.7. The highest BCUT2D eigenvalue weighted by Crippen LogP contribution is 2.28. The highest BCUT2D eigenvalue weighted by molar-refractivity contribution is 5.75. The maximum Gasteiger partial charge on any atom is 0.186 e. The molecule has 0 radical (unpaired) electrons. The van der Waals surface area contributed by atoms with Crippen LogP contribution in [-0.4, -0.2) is 94.0 Å². The van der Waals surface area contributed by atoms with E-state index in [1.54, 1.807) is 0 Å². The smallest absolute Gasteiger partial charge is 0.186 e. The van der Waals surface area contributed by atoms with Crippen molar-refractivity contribution in [1.29, 1.82) is 0 Å². The molecular weight excluding hydrogens is 336 g/mol. The molecule has 1 aliphatic heterocycles. The molecule has 1 saturated heterocycles. The zero-order valence-corrected chi connectivity index (χ0v) is 13.6. The normalized spacial score (nSPS) is 48.1. The molecule has 0 amide bonds. The number of hydrogen-bond donors (Lipinski definition) is 9. The second-order valence-corrected chi connectivity index (χ2v) is 6.44. The number of aliphatic hydroxyl groups is 4. The van der Waals surface area contributed by atoms with Gasteiger partial charge >= 0.3 is 0 Å². The lowest BCUT2D eigenvalue weighted by molar-refractivity contribution is -0.287. The minimum absolute atomic E-state index is 0.0702. The zero-order valence-electron chi connectivity index (χ0n) is 13.6. The molecule has 12 heteroatoms. The zero-order chi connectivity index (χ0) is 18.9. The van der Waals surface area contributed by atoms with Gasteiger partial charge in [0.05, 0.1) is 12.1 Å². The van der Waals surface area contributed by atoms with Gasteiger partial charge in [-0.25, -0.2) is 4.99 Å². The SMILES string of the molecule is NC[C@H]1O[C@H](O[C@H]2[C@H](O)[C@@H](O)[C@H](N=C(N)N)C[C@@H]2N)[C@H](N)[C@@H](O)[C@@H]1O. The van der Waals surface area contributed by atoms with E-state index in [-0.39, 0.29) is 18.9 Å². The van der Waals surface area contributed by atoms with Crippen molar-refractivity contribution in [2.24, 2.45) is 33.7 Å². The van der Waals surface area contributed by atoms with Gasteiger partial charge in [-0.05, 0) is 6.42 Å². The number of guanidine groups is 1. The summed E-state index contributed by atoms with van der Waals surface area (Å²) < 4.78 is 11.1. The van der Waals surface area contributed by atoms with Crippen LogP contribution >= 0.6 is 0 Å². The fraction of sp³-hybridized carbons (Fsp3) is 0.923. The fourth-order valence-electron chi connectivity index (χ4n) is 3.15. The van der Waals surface area contributed by atoms with Gasteiger partial charge in [-0.2, -0.15) is 0 Å². The van der Waals surface area contributed by atoms with E-state index in [2.05, 4.69) is 4.99 Å². The minimum atomic E-state index is -1.41. The number of nitrogens with zero attached hydrogens (tertiary/aromatic N) is 1. The monoisotopic (exact) mass is 364 g/mol. The standard InChI is InChI=1S/C13H28N6O6/c14-2-5-8(21)9(22)6(16)12(24-5)25-11-3(15)1-4(19-13(17)18)7(20)10(11)23/h3-12,20-23H,1-2,14-16H2,(H4,17,18,19)/t3-,4+,5+,6+,7-,8+,9+,10+,11+,12+/m0/s1. The molecule has 2 aliphatic rings. The van der Waals surface area contributed by atoms with E-state index in [1.165, 1.54) is 0 Å². The van der Waals surface area contributed by atoms with Gasteiger partial charge in [-0.1, -0.05) is 0 Å². The number of aliphatic hydroxyl groups excluding tert-OH is 4. The Bertz CT molecular complexity index is 478. The van der Waals surface area contributed by atoms with Gasteiger partial charge in [0, 0.05) is 12.6 Å². The number of rotatable bonds is 4. The topological polar surface area (TPSA) is 242 Å². The third-order valence-electron chi connectivity index (χ3n) is 4.60. The molecule has 2 rings (SSSR count). The number of hydrogen-bond acceptors (Lipinski definition) is 10. The Hall–Kier alpha value is -1.09. The summed E-state index contributed by atoms with van der Waals surface area (Å²) in [6.07, 6.45) is -8.28. The lowest BCUT2D eigenvalue weighted by Gasteiger charge is -2.45. The van der Waals surface area contributed by atoms with Crippen LogP contribution in [0.15, 0.2) is 4.99 Å². The Kier molecular flexibility index (Phi) is 6.53. The lowest BCUT2D eigenvalue weighted by atomic mass is 9.84. The van der Waals surface area contributed by atoms with Gasteiger partial charge in [0.1, 0.15) is 36.6 Å². The largest absolute Gasteiger partial charge is 0.388 e. The quantitative estimate of drug-likeness (QED) is 0.168. The van der Waals surface area contributed by atoms with Gasteiger partial charge in [0.15, 0.2) is 12.2 Å². The van der Waals surface area contributed by atoms with Gasteiger partial charge in [-0.15, -0.1) is 0 Å². The Morgan fingerprint density at radius 3 is 2.24 bits per heavy atom. The van der Waals surface area contributed by atoms with Crippen molar-refractivity contribution in [3.05, 3.63) is 0 Å². The Morgan fingerprint density at radius 1 is 1.04 bits per heavy atom. The first-order chi connectivity index (χ1) is 11.7. The first kappa shape index (κ1) is 20.2. The van der Waals surface area contributed by atoms with Crippen LogP contribution in [0, 0.1) is 0 Å². The van der Waals surface area contributed by atoms with Crippen LogP contribution in [0.3, 0.4) is 0 Å². The first-order valence-electron chi connectivity index (χ1n) is 8.00. The predicted octanol–water partition coefficient (Wildman–Crippen LogP) is -5.80. The number of aliphatic imine (C=N–C) groups is 1. The molecule has 12 nitrogen and oxygen atoms in total. The molecule has 0 bridgehead atoms. The van der Waals surface area contributed by atoms with Gasteiger partial charge in [0.25, 0.3) is 0 Å². The summed E-state index contributed by atoms with van der Waals surface area (Å²) >= 11 is 0. The van der Waals surface area contributed by atoms with Gasteiger partial charge < -0.3 is 58.6 Å². The van der Waals surface area contributed by atoms with Crippen molar-refractivity contribution >= 4 is 5.96 Å². The Morgan fingerprint density at radius 2 is 1.68 bits per heavy atom. The molecule has 2 fully saturated rings. The summed E-state index contributed by atoms with van der Waals surface area (Å²) in [6, 6.07) is -2.60. The van der Waals surface area contributed by atoms with Crippen LogP contribution in [-0.2, 0) is 9.47 Å². The maximum absolute atomic E-state index is 10.3. The van der Waals surface area contributed by atoms with E-state index in [0.29, 0.717) is 0 Å². The number of nitrogens with two attached hydrogens (primary N) is 5. The van der Waals surface area contributed by atoms with Crippen LogP contribution in [0.5, 0.6) is 0 Å². The molecule has 0 unspecified atom stereocenters.